The number of ether oxygens (including phenoxy) is 1. The number of anilines is 1. The Morgan fingerprint density at radius 2 is 1.91 bits per heavy atom. The zero-order valence-electron chi connectivity index (χ0n) is 12.9. The second-order valence-corrected chi connectivity index (χ2v) is 5.60. The second kappa shape index (κ2) is 7.15. The number of aryl methyl sites for hydroxylation is 2. The lowest BCUT2D eigenvalue weighted by Crippen LogP contribution is -2.22. The standard InChI is InChI=1S/C17H17ClN2O3/c1-10-3-4-11(2)14(7-10)20-16(21)9-23-15-6-5-12(18)8-13(15)17(19)22/h3-8H,9H2,1-2H3,(H2,19,22)(H,20,21). The van der Waals surface area contributed by atoms with Crippen LogP contribution in [0.15, 0.2) is 36.4 Å². The van der Waals surface area contributed by atoms with Crippen LogP contribution >= 0.6 is 11.6 Å². The van der Waals surface area contributed by atoms with Gasteiger partial charge in [-0.3, -0.25) is 9.59 Å². The topological polar surface area (TPSA) is 81.4 Å². The quantitative estimate of drug-likeness (QED) is 0.882. The van der Waals surface area contributed by atoms with E-state index in [9.17, 15) is 9.59 Å². The van der Waals surface area contributed by atoms with Gasteiger partial charge in [0.25, 0.3) is 11.8 Å². The van der Waals surface area contributed by atoms with E-state index in [1.54, 1.807) is 6.07 Å². The van der Waals surface area contributed by atoms with Gasteiger partial charge >= 0.3 is 0 Å². The highest BCUT2D eigenvalue weighted by Crippen LogP contribution is 2.22. The summed E-state index contributed by atoms with van der Waals surface area (Å²) in [5.74, 6) is -0.778. The summed E-state index contributed by atoms with van der Waals surface area (Å²) in [7, 11) is 0. The van der Waals surface area contributed by atoms with E-state index in [0.29, 0.717) is 5.02 Å². The van der Waals surface area contributed by atoms with Gasteiger partial charge < -0.3 is 15.8 Å². The number of nitrogens with two attached hydrogens (primary N) is 1. The molecule has 3 N–H and O–H groups in total. The molecule has 0 unspecified atom stereocenters. The molecule has 0 bridgehead atoms. The van der Waals surface area contributed by atoms with Crippen LogP contribution in [-0.4, -0.2) is 18.4 Å². The van der Waals surface area contributed by atoms with Gasteiger partial charge in [0.15, 0.2) is 6.61 Å². The van der Waals surface area contributed by atoms with Gasteiger partial charge in [0.1, 0.15) is 5.75 Å². The van der Waals surface area contributed by atoms with Gasteiger partial charge in [-0.25, -0.2) is 0 Å². The molecule has 0 heterocycles. The first-order valence-electron chi connectivity index (χ1n) is 6.96. The van der Waals surface area contributed by atoms with Crippen molar-refractivity contribution < 1.29 is 14.3 Å². The van der Waals surface area contributed by atoms with Gasteiger partial charge in [-0.2, -0.15) is 0 Å². The normalized spacial score (nSPS) is 10.2. The van der Waals surface area contributed by atoms with Crippen LogP contribution in [0.2, 0.25) is 5.02 Å². The number of carbonyl (C=O) groups excluding carboxylic acids is 2. The molecule has 0 saturated heterocycles. The van der Waals surface area contributed by atoms with Gasteiger partial charge in [-0.1, -0.05) is 23.7 Å². The minimum atomic E-state index is -0.669. The number of halogens is 1. The monoisotopic (exact) mass is 332 g/mol. The molecule has 2 rings (SSSR count). The molecule has 0 aliphatic heterocycles. The summed E-state index contributed by atoms with van der Waals surface area (Å²) in [6.45, 7) is 3.61. The SMILES string of the molecule is Cc1ccc(C)c(NC(=O)COc2ccc(Cl)cc2C(N)=O)c1. The van der Waals surface area contributed by atoms with Crippen molar-refractivity contribution in [2.45, 2.75) is 13.8 Å². The third-order valence-electron chi connectivity index (χ3n) is 3.23. The first-order chi connectivity index (χ1) is 10.9. The summed E-state index contributed by atoms with van der Waals surface area (Å²) < 4.78 is 5.39. The van der Waals surface area contributed by atoms with Crippen molar-refractivity contribution in [3.05, 3.63) is 58.1 Å². The number of amides is 2. The predicted molar refractivity (Wildman–Crippen MR) is 90.0 cm³/mol. The van der Waals surface area contributed by atoms with Gasteiger partial charge in [-0.15, -0.1) is 0 Å². The fraction of sp³-hybridized carbons (Fsp3) is 0.176. The van der Waals surface area contributed by atoms with Crippen LogP contribution in [0.1, 0.15) is 21.5 Å². The van der Waals surface area contributed by atoms with Gasteiger partial charge in [0.2, 0.25) is 0 Å². The third kappa shape index (κ3) is 4.47. The van der Waals surface area contributed by atoms with E-state index < -0.39 is 5.91 Å². The molecule has 120 valence electrons. The molecule has 2 amide bonds. The fourth-order valence-corrected chi connectivity index (χ4v) is 2.19. The average Bonchev–Trinajstić information content (AvgIpc) is 2.49. The predicted octanol–water partition coefficient (Wildman–Crippen LogP) is 3.07. The number of hydrogen-bond donors (Lipinski definition) is 2. The van der Waals surface area contributed by atoms with Crippen LogP contribution in [0.25, 0.3) is 0 Å². The molecule has 2 aromatic rings. The summed E-state index contributed by atoms with van der Waals surface area (Å²) in [5, 5.41) is 3.14. The van der Waals surface area contributed by atoms with Gasteiger partial charge in [-0.05, 0) is 49.2 Å². The van der Waals surface area contributed by atoms with Crippen molar-refractivity contribution in [3.63, 3.8) is 0 Å². The Labute approximate surface area is 139 Å². The van der Waals surface area contributed by atoms with Crippen molar-refractivity contribution in [2.75, 3.05) is 11.9 Å². The maximum atomic E-state index is 12.0. The molecule has 0 aliphatic carbocycles. The van der Waals surface area contributed by atoms with Crippen LogP contribution < -0.4 is 15.8 Å². The van der Waals surface area contributed by atoms with Crippen LogP contribution in [0, 0.1) is 13.8 Å². The Kier molecular flexibility index (Phi) is 5.24. The van der Waals surface area contributed by atoms with E-state index >= 15 is 0 Å². The molecule has 0 spiro atoms. The summed E-state index contributed by atoms with van der Waals surface area (Å²) in [4.78, 5) is 23.4. The second-order valence-electron chi connectivity index (χ2n) is 5.16. The first kappa shape index (κ1) is 16.8. The maximum Gasteiger partial charge on any atom is 0.262 e. The maximum absolute atomic E-state index is 12.0. The first-order valence-corrected chi connectivity index (χ1v) is 7.34. The molecule has 0 saturated carbocycles. The zero-order chi connectivity index (χ0) is 17.0. The van der Waals surface area contributed by atoms with Gasteiger partial charge in [0.05, 0.1) is 5.56 Å². The van der Waals surface area contributed by atoms with Crippen molar-refractivity contribution in [3.8, 4) is 5.75 Å². The summed E-state index contributed by atoms with van der Waals surface area (Å²) in [6, 6.07) is 10.2. The van der Waals surface area contributed by atoms with E-state index in [1.807, 2.05) is 32.0 Å². The number of rotatable bonds is 5. The molecular weight excluding hydrogens is 316 g/mol. The van der Waals surface area contributed by atoms with Crippen LogP contribution in [0.5, 0.6) is 5.75 Å². The highest BCUT2D eigenvalue weighted by Gasteiger charge is 2.12. The van der Waals surface area contributed by atoms with E-state index in [1.165, 1.54) is 12.1 Å². The van der Waals surface area contributed by atoms with Crippen LogP contribution in [-0.2, 0) is 4.79 Å². The van der Waals surface area contributed by atoms with Crippen molar-refractivity contribution in [1.82, 2.24) is 0 Å². The lowest BCUT2D eigenvalue weighted by atomic mass is 10.1. The van der Waals surface area contributed by atoms with Crippen molar-refractivity contribution in [1.29, 1.82) is 0 Å². The molecule has 0 aromatic heterocycles. The molecule has 6 heteroatoms. The number of benzene rings is 2. The van der Waals surface area contributed by atoms with E-state index in [4.69, 9.17) is 22.1 Å². The minimum Gasteiger partial charge on any atom is -0.483 e. The van der Waals surface area contributed by atoms with Crippen molar-refractivity contribution >= 4 is 29.1 Å². The van der Waals surface area contributed by atoms with E-state index in [2.05, 4.69) is 5.32 Å². The summed E-state index contributed by atoms with van der Waals surface area (Å²) in [5.41, 5.74) is 8.13. The largest absolute Gasteiger partial charge is 0.483 e. The molecular formula is C17H17ClN2O3. The zero-order valence-corrected chi connectivity index (χ0v) is 13.6. The Bertz CT molecular complexity index is 759. The fourth-order valence-electron chi connectivity index (χ4n) is 2.02. The Balaban J connectivity index is 2.05. The molecule has 0 atom stereocenters. The average molecular weight is 333 g/mol. The van der Waals surface area contributed by atoms with E-state index in [0.717, 1.165) is 16.8 Å². The van der Waals surface area contributed by atoms with Gasteiger partial charge in [0, 0.05) is 10.7 Å². The van der Waals surface area contributed by atoms with Crippen LogP contribution in [0.3, 0.4) is 0 Å². The minimum absolute atomic E-state index is 0.136. The molecule has 0 radical (unpaired) electrons. The molecule has 0 aliphatic rings. The number of primary amides is 1. The van der Waals surface area contributed by atoms with Crippen LogP contribution in [0.4, 0.5) is 5.69 Å². The number of hydrogen-bond acceptors (Lipinski definition) is 3. The van der Waals surface area contributed by atoms with Crippen molar-refractivity contribution in [2.24, 2.45) is 5.73 Å². The molecule has 2 aromatic carbocycles. The Morgan fingerprint density at radius 1 is 1.17 bits per heavy atom. The molecule has 0 fully saturated rings. The summed E-state index contributed by atoms with van der Waals surface area (Å²) >= 11 is 5.82. The summed E-state index contributed by atoms with van der Waals surface area (Å²) in [6.07, 6.45) is 0. The lowest BCUT2D eigenvalue weighted by Gasteiger charge is -2.12. The molecule has 23 heavy (non-hydrogen) atoms. The Morgan fingerprint density at radius 3 is 2.61 bits per heavy atom. The number of carbonyl (C=O) groups is 2. The smallest absolute Gasteiger partial charge is 0.262 e. The molecule has 5 nitrogen and oxygen atoms in total. The highest BCUT2D eigenvalue weighted by atomic mass is 35.5. The number of nitrogens with one attached hydrogen (secondary N) is 1. The highest BCUT2D eigenvalue weighted by molar-refractivity contribution is 6.31. The lowest BCUT2D eigenvalue weighted by molar-refractivity contribution is -0.118. The third-order valence-corrected chi connectivity index (χ3v) is 3.47. The Hall–Kier alpha value is -2.53. The van der Waals surface area contributed by atoms with E-state index in [-0.39, 0.29) is 23.8 Å².